The number of aliphatic hydroxyl groups excluding tert-OH is 1. The molecule has 1 aromatic rings. The molecule has 1 atom stereocenters. The Morgan fingerprint density at radius 2 is 2.33 bits per heavy atom. The predicted octanol–water partition coefficient (Wildman–Crippen LogP) is 2.22. The molecule has 0 aromatic heterocycles. The van der Waals surface area contributed by atoms with Gasteiger partial charge in [-0.25, -0.2) is 0 Å². The third kappa shape index (κ3) is 4.88. The molecule has 1 amide bonds. The molecule has 0 bridgehead atoms. The van der Waals surface area contributed by atoms with Crippen molar-refractivity contribution in [3.05, 3.63) is 36.9 Å². The fourth-order valence-electron chi connectivity index (χ4n) is 2.44. The van der Waals surface area contributed by atoms with Crippen LogP contribution in [0.25, 0.3) is 0 Å². The van der Waals surface area contributed by atoms with Crippen molar-refractivity contribution in [3.63, 3.8) is 0 Å². The van der Waals surface area contributed by atoms with Gasteiger partial charge in [0.25, 0.3) is 0 Å². The van der Waals surface area contributed by atoms with Gasteiger partial charge < -0.3 is 10.4 Å². The number of carbonyl (C=O) groups excluding carboxylic acids is 1. The van der Waals surface area contributed by atoms with Gasteiger partial charge in [0.15, 0.2) is 0 Å². The SMILES string of the molecule is C=CCSc1ccccc1NC(=O)CN1CCC(CO)C1. The first-order chi connectivity index (χ1) is 10.2. The number of anilines is 1. The average Bonchev–Trinajstić information content (AvgIpc) is 2.94. The quantitative estimate of drug-likeness (QED) is 0.599. The Bertz CT molecular complexity index is 493. The Morgan fingerprint density at radius 3 is 3.05 bits per heavy atom. The molecule has 21 heavy (non-hydrogen) atoms. The normalized spacial score (nSPS) is 18.6. The average molecular weight is 306 g/mol. The molecule has 114 valence electrons. The van der Waals surface area contributed by atoms with Crippen LogP contribution >= 0.6 is 11.8 Å². The molecule has 1 aliphatic rings. The number of thioether (sulfide) groups is 1. The topological polar surface area (TPSA) is 52.6 Å². The highest BCUT2D eigenvalue weighted by atomic mass is 32.2. The van der Waals surface area contributed by atoms with Crippen LogP contribution < -0.4 is 5.32 Å². The lowest BCUT2D eigenvalue weighted by Gasteiger charge is -2.16. The van der Waals surface area contributed by atoms with Crippen LogP contribution in [0.15, 0.2) is 41.8 Å². The molecule has 0 saturated carbocycles. The van der Waals surface area contributed by atoms with Crippen molar-refractivity contribution in [1.29, 1.82) is 0 Å². The van der Waals surface area contributed by atoms with E-state index in [0.29, 0.717) is 12.5 Å². The number of amides is 1. The number of para-hydroxylation sites is 1. The van der Waals surface area contributed by atoms with E-state index in [2.05, 4.69) is 16.8 Å². The number of nitrogens with zero attached hydrogens (tertiary/aromatic N) is 1. The van der Waals surface area contributed by atoms with Crippen LogP contribution in [0.5, 0.6) is 0 Å². The number of benzene rings is 1. The predicted molar refractivity (Wildman–Crippen MR) is 87.6 cm³/mol. The van der Waals surface area contributed by atoms with E-state index in [4.69, 9.17) is 5.11 Å². The van der Waals surface area contributed by atoms with Crippen LogP contribution in [0.1, 0.15) is 6.42 Å². The van der Waals surface area contributed by atoms with Crippen LogP contribution in [0.3, 0.4) is 0 Å². The Labute approximate surface area is 130 Å². The fraction of sp³-hybridized carbons (Fsp3) is 0.438. The van der Waals surface area contributed by atoms with Crippen molar-refractivity contribution in [2.45, 2.75) is 11.3 Å². The first-order valence-corrected chi connectivity index (χ1v) is 8.17. The Hall–Kier alpha value is -1.30. The molecule has 1 fully saturated rings. The third-order valence-electron chi connectivity index (χ3n) is 3.51. The van der Waals surface area contributed by atoms with Crippen molar-refractivity contribution in [3.8, 4) is 0 Å². The lowest BCUT2D eigenvalue weighted by Crippen LogP contribution is -2.32. The second-order valence-electron chi connectivity index (χ2n) is 5.22. The maximum Gasteiger partial charge on any atom is 0.238 e. The molecule has 0 spiro atoms. The van der Waals surface area contributed by atoms with Crippen LogP contribution in [0.2, 0.25) is 0 Å². The van der Waals surface area contributed by atoms with Crippen LogP contribution in [-0.2, 0) is 4.79 Å². The van der Waals surface area contributed by atoms with Gasteiger partial charge in [-0.05, 0) is 31.0 Å². The van der Waals surface area contributed by atoms with Gasteiger partial charge in [-0.2, -0.15) is 0 Å². The molecule has 0 radical (unpaired) electrons. The van der Waals surface area contributed by atoms with E-state index < -0.39 is 0 Å². The summed E-state index contributed by atoms with van der Waals surface area (Å²) in [4.78, 5) is 15.3. The summed E-state index contributed by atoms with van der Waals surface area (Å²) in [5.74, 6) is 1.13. The van der Waals surface area contributed by atoms with Crippen molar-refractivity contribution in [2.75, 3.05) is 37.3 Å². The van der Waals surface area contributed by atoms with Crippen LogP contribution in [0.4, 0.5) is 5.69 Å². The van der Waals surface area contributed by atoms with E-state index in [1.165, 1.54) is 0 Å². The smallest absolute Gasteiger partial charge is 0.238 e. The maximum absolute atomic E-state index is 12.1. The van der Waals surface area contributed by atoms with E-state index in [1.807, 2.05) is 30.3 Å². The van der Waals surface area contributed by atoms with Gasteiger partial charge >= 0.3 is 0 Å². The van der Waals surface area contributed by atoms with Gasteiger partial charge in [-0.1, -0.05) is 18.2 Å². The van der Waals surface area contributed by atoms with Gasteiger partial charge in [0.05, 0.1) is 12.2 Å². The molecule has 4 nitrogen and oxygen atoms in total. The minimum absolute atomic E-state index is 0.000225. The summed E-state index contributed by atoms with van der Waals surface area (Å²) >= 11 is 1.66. The van der Waals surface area contributed by atoms with E-state index in [1.54, 1.807) is 11.8 Å². The standard InChI is InChI=1S/C16H22N2O2S/c1-2-9-21-15-6-4-3-5-14(15)17-16(20)11-18-8-7-13(10-18)12-19/h2-6,13,19H,1,7-12H2,(H,17,20). The van der Waals surface area contributed by atoms with E-state index in [-0.39, 0.29) is 12.5 Å². The zero-order valence-corrected chi connectivity index (χ0v) is 12.9. The van der Waals surface area contributed by atoms with E-state index in [0.717, 1.165) is 35.8 Å². The molecule has 1 unspecified atom stereocenters. The molecule has 1 aliphatic heterocycles. The number of rotatable bonds is 7. The number of hydrogen-bond acceptors (Lipinski definition) is 4. The number of likely N-dealkylation sites (tertiary alicyclic amines) is 1. The fourth-order valence-corrected chi connectivity index (χ4v) is 3.19. The lowest BCUT2D eigenvalue weighted by molar-refractivity contribution is -0.117. The van der Waals surface area contributed by atoms with Crippen molar-refractivity contribution >= 4 is 23.4 Å². The minimum atomic E-state index is 0.000225. The molecular weight excluding hydrogens is 284 g/mol. The zero-order valence-electron chi connectivity index (χ0n) is 12.1. The van der Waals surface area contributed by atoms with Gasteiger partial charge in [-0.15, -0.1) is 18.3 Å². The molecule has 2 rings (SSSR count). The Balaban J connectivity index is 1.89. The van der Waals surface area contributed by atoms with E-state index in [9.17, 15) is 4.79 Å². The maximum atomic E-state index is 12.1. The number of nitrogens with one attached hydrogen (secondary N) is 1. The third-order valence-corrected chi connectivity index (χ3v) is 4.58. The van der Waals surface area contributed by atoms with Gasteiger partial charge in [0, 0.05) is 23.8 Å². The summed E-state index contributed by atoms with van der Waals surface area (Å²) in [6.07, 6.45) is 2.82. The van der Waals surface area contributed by atoms with Crippen molar-refractivity contribution < 1.29 is 9.90 Å². The number of hydrogen-bond donors (Lipinski definition) is 2. The first kappa shape index (κ1) is 16.1. The monoisotopic (exact) mass is 306 g/mol. The first-order valence-electron chi connectivity index (χ1n) is 7.18. The van der Waals surface area contributed by atoms with Crippen molar-refractivity contribution in [1.82, 2.24) is 4.90 Å². The summed E-state index contributed by atoms with van der Waals surface area (Å²) in [6.45, 7) is 5.99. The highest BCUT2D eigenvalue weighted by molar-refractivity contribution is 7.99. The molecule has 0 aliphatic carbocycles. The summed E-state index contributed by atoms with van der Waals surface area (Å²) in [5, 5.41) is 12.1. The molecule has 5 heteroatoms. The summed E-state index contributed by atoms with van der Waals surface area (Å²) in [5.41, 5.74) is 0.854. The van der Waals surface area contributed by atoms with Gasteiger partial charge in [-0.3, -0.25) is 9.69 Å². The van der Waals surface area contributed by atoms with E-state index >= 15 is 0 Å². The highest BCUT2D eigenvalue weighted by Crippen LogP contribution is 2.27. The van der Waals surface area contributed by atoms with Gasteiger partial charge in [0.2, 0.25) is 5.91 Å². The van der Waals surface area contributed by atoms with Gasteiger partial charge in [0.1, 0.15) is 0 Å². The Kier molecular flexibility index (Phi) is 6.29. The van der Waals surface area contributed by atoms with Crippen molar-refractivity contribution in [2.24, 2.45) is 5.92 Å². The largest absolute Gasteiger partial charge is 0.396 e. The number of carbonyl (C=O) groups is 1. The summed E-state index contributed by atoms with van der Waals surface area (Å²) in [6, 6.07) is 7.81. The van der Waals surface area contributed by atoms with Crippen LogP contribution in [-0.4, -0.2) is 47.9 Å². The second kappa shape index (κ2) is 8.22. The van der Waals surface area contributed by atoms with Crippen LogP contribution in [0, 0.1) is 5.92 Å². The molecular formula is C16H22N2O2S. The minimum Gasteiger partial charge on any atom is -0.396 e. The number of aliphatic hydroxyl groups is 1. The lowest BCUT2D eigenvalue weighted by atomic mass is 10.1. The molecule has 1 saturated heterocycles. The summed E-state index contributed by atoms with van der Waals surface area (Å²) in [7, 11) is 0. The molecule has 2 N–H and O–H groups in total. The highest BCUT2D eigenvalue weighted by Gasteiger charge is 2.23. The Morgan fingerprint density at radius 1 is 1.52 bits per heavy atom. The molecule has 1 heterocycles. The second-order valence-corrected chi connectivity index (χ2v) is 6.28. The summed E-state index contributed by atoms with van der Waals surface area (Å²) < 4.78 is 0. The zero-order chi connectivity index (χ0) is 15.1. The molecule has 1 aromatic carbocycles.